The fourth-order valence-corrected chi connectivity index (χ4v) is 5.25. The van der Waals surface area contributed by atoms with Gasteiger partial charge in [0.2, 0.25) is 0 Å². The predicted molar refractivity (Wildman–Crippen MR) is 113 cm³/mol. The summed E-state index contributed by atoms with van der Waals surface area (Å²) in [5, 5.41) is 2.36. The maximum atomic E-state index is 12.9. The van der Waals surface area contributed by atoms with E-state index in [1.807, 2.05) is 0 Å². The Hall–Kier alpha value is -2.87. The highest BCUT2D eigenvalue weighted by Gasteiger charge is 2.53. The van der Waals surface area contributed by atoms with Crippen LogP contribution in [0.25, 0.3) is 21.9 Å². The van der Waals surface area contributed by atoms with E-state index in [0.29, 0.717) is 5.57 Å². The number of fused-ring (bicyclic) bond motifs is 5. The van der Waals surface area contributed by atoms with Crippen LogP contribution in [-0.2, 0) is 15.1 Å². The van der Waals surface area contributed by atoms with Crippen molar-refractivity contribution in [2.75, 3.05) is 0 Å². The van der Waals surface area contributed by atoms with E-state index in [1.165, 1.54) is 34.7 Å². The van der Waals surface area contributed by atoms with Crippen molar-refractivity contribution < 1.29 is 9.53 Å². The number of benzene rings is 3. The predicted octanol–water partition coefficient (Wildman–Crippen LogP) is 6.37. The zero-order chi connectivity index (χ0) is 19.3. The van der Waals surface area contributed by atoms with Crippen LogP contribution in [0.2, 0.25) is 0 Å². The lowest BCUT2D eigenvalue weighted by atomic mass is 9.76. The standard InChI is InChI=1S/C26H24O2/c1-17(2)25(27)28-26(19-10-4-5-11-19)23-14-8-7-13-21(23)22-16-15-18-9-3-6-12-20(18)24(22)26/h3,6-9,12-16,19H,1,4-5,10-11H2,2H3. The van der Waals surface area contributed by atoms with Gasteiger partial charge in [-0.05, 0) is 41.7 Å². The summed E-state index contributed by atoms with van der Waals surface area (Å²) >= 11 is 0. The number of ether oxygens (including phenoxy) is 1. The van der Waals surface area contributed by atoms with Gasteiger partial charge in [-0.1, -0.05) is 80.1 Å². The molecule has 3 aromatic carbocycles. The molecule has 0 spiro atoms. The molecule has 0 saturated heterocycles. The van der Waals surface area contributed by atoms with Gasteiger partial charge in [0.25, 0.3) is 0 Å². The zero-order valence-corrected chi connectivity index (χ0v) is 16.2. The maximum Gasteiger partial charge on any atom is 0.334 e. The van der Waals surface area contributed by atoms with Crippen molar-refractivity contribution in [3.8, 4) is 11.1 Å². The van der Waals surface area contributed by atoms with E-state index in [2.05, 4.69) is 67.2 Å². The molecule has 140 valence electrons. The normalized spacial score (nSPS) is 20.8. The minimum Gasteiger partial charge on any atom is -0.446 e. The molecule has 0 heterocycles. The third-order valence-electron chi connectivity index (χ3n) is 6.45. The van der Waals surface area contributed by atoms with Crippen LogP contribution in [0.15, 0.2) is 72.8 Å². The molecule has 2 aliphatic carbocycles. The van der Waals surface area contributed by atoms with Gasteiger partial charge in [-0.3, -0.25) is 0 Å². The van der Waals surface area contributed by atoms with Crippen molar-refractivity contribution in [1.82, 2.24) is 0 Å². The van der Waals surface area contributed by atoms with E-state index in [0.717, 1.165) is 24.0 Å². The molecule has 0 bridgehead atoms. The van der Waals surface area contributed by atoms with Crippen molar-refractivity contribution in [3.63, 3.8) is 0 Å². The SMILES string of the molecule is C=C(C)C(=O)OC1(C2CCCC2)c2ccccc2-c2ccc3ccccc3c21. The van der Waals surface area contributed by atoms with Crippen LogP contribution in [0.4, 0.5) is 0 Å². The molecule has 28 heavy (non-hydrogen) atoms. The Morgan fingerprint density at radius 2 is 1.68 bits per heavy atom. The Bertz CT molecular complexity index is 1100. The molecule has 0 N–H and O–H groups in total. The largest absolute Gasteiger partial charge is 0.446 e. The topological polar surface area (TPSA) is 26.3 Å². The summed E-state index contributed by atoms with van der Waals surface area (Å²) in [5.41, 5.74) is 4.37. The average molecular weight is 368 g/mol. The summed E-state index contributed by atoms with van der Waals surface area (Å²) in [6.07, 6.45) is 4.50. The summed E-state index contributed by atoms with van der Waals surface area (Å²) in [6.45, 7) is 5.59. The number of hydrogen-bond acceptors (Lipinski definition) is 2. The second-order valence-corrected chi connectivity index (χ2v) is 8.14. The van der Waals surface area contributed by atoms with Crippen LogP contribution in [0, 0.1) is 5.92 Å². The van der Waals surface area contributed by atoms with Crippen molar-refractivity contribution in [2.45, 2.75) is 38.2 Å². The second-order valence-electron chi connectivity index (χ2n) is 8.14. The zero-order valence-electron chi connectivity index (χ0n) is 16.2. The molecule has 0 amide bonds. The Balaban J connectivity index is 1.89. The van der Waals surface area contributed by atoms with Crippen molar-refractivity contribution in [2.24, 2.45) is 5.92 Å². The van der Waals surface area contributed by atoms with Gasteiger partial charge in [-0.2, -0.15) is 0 Å². The van der Waals surface area contributed by atoms with Crippen molar-refractivity contribution in [1.29, 1.82) is 0 Å². The minimum absolute atomic E-state index is 0.281. The average Bonchev–Trinajstić information content (AvgIpc) is 3.34. The maximum absolute atomic E-state index is 12.9. The Morgan fingerprint density at radius 3 is 2.46 bits per heavy atom. The van der Waals surface area contributed by atoms with Crippen LogP contribution >= 0.6 is 0 Å². The van der Waals surface area contributed by atoms with Gasteiger partial charge < -0.3 is 4.74 Å². The van der Waals surface area contributed by atoms with E-state index in [9.17, 15) is 4.79 Å². The fourth-order valence-electron chi connectivity index (χ4n) is 5.25. The summed E-state index contributed by atoms with van der Waals surface area (Å²) in [6, 6.07) is 21.3. The van der Waals surface area contributed by atoms with Gasteiger partial charge in [0.05, 0.1) is 0 Å². The van der Waals surface area contributed by atoms with Gasteiger partial charge in [0.15, 0.2) is 5.60 Å². The summed E-state index contributed by atoms with van der Waals surface area (Å²) in [4.78, 5) is 12.9. The van der Waals surface area contributed by atoms with Crippen LogP contribution in [0.1, 0.15) is 43.7 Å². The van der Waals surface area contributed by atoms with Crippen LogP contribution in [-0.4, -0.2) is 5.97 Å². The van der Waals surface area contributed by atoms with Crippen LogP contribution in [0.3, 0.4) is 0 Å². The number of hydrogen-bond donors (Lipinski definition) is 0. The molecule has 1 saturated carbocycles. The number of carbonyl (C=O) groups is 1. The number of rotatable bonds is 3. The molecule has 2 heteroatoms. The lowest BCUT2D eigenvalue weighted by Crippen LogP contribution is -2.39. The summed E-state index contributed by atoms with van der Waals surface area (Å²) in [7, 11) is 0. The highest BCUT2D eigenvalue weighted by atomic mass is 16.6. The molecule has 2 aliphatic rings. The van der Waals surface area contributed by atoms with Gasteiger partial charge in [0, 0.05) is 22.6 Å². The monoisotopic (exact) mass is 368 g/mol. The van der Waals surface area contributed by atoms with Gasteiger partial charge in [0.1, 0.15) is 0 Å². The first-order valence-electron chi connectivity index (χ1n) is 10.1. The summed E-state index contributed by atoms with van der Waals surface area (Å²) in [5.74, 6) is -0.0218. The van der Waals surface area contributed by atoms with Crippen LogP contribution in [0.5, 0.6) is 0 Å². The first kappa shape index (κ1) is 17.2. The third-order valence-corrected chi connectivity index (χ3v) is 6.45. The minimum atomic E-state index is -0.737. The van der Waals surface area contributed by atoms with Gasteiger partial charge in [-0.25, -0.2) is 4.79 Å². The first-order valence-corrected chi connectivity index (χ1v) is 10.1. The molecular weight excluding hydrogens is 344 g/mol. The van der Waals surface area contributed by atoms with E-state index >= 15 is 0 Å². The highest BCUT2D eigenvalue weighted by molar-refractivity contribution is 5.98. The molecule has 0 radical (unpaired) electrons. The van der Waals surface area contributed by atoms with Gasteiger partial charge in [-0.15, -0.1) is 0 Å². The van der Waals surface area contributed by atoms with E-state index in [1.54, 1.807) is 6.92 Å². The second kappa shape index (κ2) is 6.34. The summed E-state index contributed by atoms with van der Waals surface area (Å²) < 4.78 is 6.47. The molecule has 3 aromatic rings. The number of carbonyl (C=O) groups excluding carboxylic acids is 1. The van der Waals surface area contributed by atoms with Crippen LogP contribution < -0.4 is 0 Å². The van der Waals surface area contributed by atoms with E-state index in [-0.39, 0.29) is 11.9 Å². The van der Waals surface area contributed by atoms with Crippen molar-refractivity contribution >= 4 is 16.7 Å². The molecule has 5 rings (SSSR count). The van der Waals surface area contributed by atoms with E-state index < -0.39 is 5.60 Å². The van der Waals surface area contributed by atoms with Crippen molar-refractivity contribution in [3.05, 3.63) is 83.9 Å². The molecule has 0 aromatic heterocycles. The van der Waals surface area contributed by atoms with Gasteiger partial charge >= 0.3 is 5.97 Å². The van der Waals surface area contributed by atoms with E-state index in [4.69, 9.17) is 4.74 Å². The third kappa shape index (κ3) is 2.30. The Labute approximate surface area is 165 Å². The molecule has 1 atom stereocenters. The lowest BCUT2D eigenvalue weighted by molar-refractivity contribution is -0.156. The quantitative estimate of drug-likeness (QED) is 0.396. The number of esters is 1. The molecule has 1 fully saturated rings. The first-order chi connectivity index (χ1) is 13.6. The Kier molecular flexibility index (Phi) is 3.90. The molecule has 2 nitrogen and oxygen atoms in total. The molecular formula is C26H24O2. The molecule has 0 aliphatic heterocycles. The Morgan fingerprint density at radius 1 is 0.964 bits per heavy atom. The highest BCUT2D eigenvalue weighted by Crippen LogP contribution is 2.58. The lowest BCUT2D eigenvalue weighted by Gasteiger charge is -2.38. The fraction of sp³-hybridized carbons (Fsp3) is 0.269. The smallest absolute Gasteiger partial charge is 0.334 e. The molecule has 1 unspecified atom stereocenters.